The molecule has 0 spiro atoms. The highest BCUT2D eigenvalue weighted by Crippen LogP contribution is 2.17. The van der Waals surface area contributed by atoms with Crippen LogP contribution in [0.4, 0.5) is 0 Å². The van der Waals surface area contributed by atoms with Crippen molar-refractivity contribution in [3.63, 3.8) is 0 Å². The first kappa shape index (κ1) is 10.7. The summed E-state index contributed by atoms with van der Waals surface area (Å²) in [6.07, 6.45) is 3.09. The molecule has 3 heteroatoms. The summed E-state index contributed by atoms with van der Waals surface area (Å²) in [5.74, 6) is 0. The van der Waals surface area contributed by atoms with E-state index in [1.165, 1.54) is 0 Å². The molecule has 0 aliphatic heterocycles. The predicted molar refractivity (Wildman–Crippen MR) is 58.1 cm³/mol. The van der Waals surface area contributed by atoms with Gasteiger partial charge in [0, 0.05) is 17.3 Å². The molecule has 0 aliphatic rings. The first-order chi connectivity index (χ1) is 6.03. The molecule has 0 aromatic carbocycles. The Labute approximate surface area is 84.2 Å². The molecule has 1 aromatic rings. The molecule has 2 N–H and O–H groups in total. The Morgan fingerprint density at radius 2 is 2.31 bits per heavy atom. The van der Waals surface area contributed by atoms with Crippen LogP contribution in [0.1, 0.15) is 37.4 Å². The third kappa shape index (κ3) is 3.44. The average Bonchev–Trinajstić information content (AvgIpc) is 2.34. The fourth-order valence-corrected chi connectivity index (χ4v) is 2.18. The van der Waals surface area contributed by atoms with E-state index in [2.05, 4.69) is 24.2 Å². The molecule has 1 atom stereocenters. The number of thiazole rings is 1. The Morgan fingerprint density at radius 3 is 2.77 bits per heavy atom. The van der Waals surface area contributed by atoms with E-state index in [4.69, 9.17) is 5.73 Å². The maximum atomic E-state index is 6.13. The standard InChI is InChI=1S/C10H18N2S/c1-4-5-10(3,11)6-9-7-13-8(2)12-9/h7H,4-6,11H2,1-3H3. The molecule has 0 saturated carbocycles. The molecule has 0 radical (unpaired) electrons. The van der Waals surface area contributed by atoms with E-state index in [-0.39, 0.29) is 5.54 Å². The lowest BCUT2D eigenvalue weighted by molar-refractivity contribution is 0.421. The van der Waals surface area contributed by atoms with Crippen molar-refractivity contribution in [1.29, 1.82) is 0 Å². The van der Waals surface area contributed by atoms with Gasteiger partial charge in [0.15, 0.2) is 0 Å². The molecule has 0 aliphatic carbocycles. The molecular weight excluding hydrogens is 180 g/mol. The third-order valence-corrected chi connectivity index (χ3v) is 2.89. The summed E-state index contributed by atoms with van der Waals surface area (Å²) in [6.45, 7) is 6.30. The fraction of sp³-hybridized carbons (Fsp3) is 0.700. The zero-order valence-electron chi connectivity index (χ0n) is 8.63. The molecular formula is C10H18N2S. The van der Waals surface area contributed by atoms with Crippen LogP contribution in [0.3, 0.4) is 0 Å². The largest absolute Gasteiger partial charge is 0.325 e. The van der Waals surface area contributed by atoms with Crippen molar-refractivity contribution in [1.82, 2.24) is 4.98 Å². The van der Waals surface area contributed by atoms with Crippen LogP contribution in [0, 0.1) is 6.92 Å². The van der Waals surface area contributed by atoms with Gasteiger partial charge in [0.05, 0.1) is 10.7 Å². The number of nitrogens with zero attached hydrogens (tertiary/aromatic N) is 1. The van der Waals surface area contributed by atoms with E-state index < -0.39 is 0 Å². The Hall–Kier alpha value is -0.410. The second-order valence-electron chi connectivity index (χ2n) is 3.94. The molecule has 1 aromatic heterocycles. The lowest BCUT2D eigenvalue weighted by atomic mass is 9.92. The lowest BCUT2D eigenvalue weighted by Crippen LogP contribution is -2.38. The SMILES string of the molecule is CCCC(C)(N)Cc1csc(C)n1. The Balaban J connectivity index is 2.57. The molecule has 74 valence electrons. The van der Waals surface area contributed by atoms with Crippen molar-refractivity contribution in [3.05, 3.63) is 16.1 Å². The Bertz CT molecular complexity index is 266. The second-order valence-corrected chi connectivity index (χ2v) is 5.00. The minimum Gasteiger partial charge on any atom is -0.325 e. The van der Waals surface area contributed by atoms with E-state index >= 15 is 0 Å². The molecule has 1 unspecified atom stereocenters. The van der Waals surface area contributed by atoms with Crippen LogP contribution in [0.15, 0.2) is 5.38 Å². The van der Waals surface area contributed by atoms with Crippen LogP contribution in [-0.4, -0.2) is 10.5 Å². The number of rotatable bonds is 4. The molecule has 13 heavy (non-hydrogen) atoms. The molecule has 0 amide bonds. The number of hydrogen-bond acceptors (Lipinski definition) is 3. The zero-order valence-corrected chi connectivity index (χ0v) is 9.45. The third-order valence-electron chi connectivity index (χ3n) is 2.07. The number of aryl methyl sites for hydroxylation is 1. The van der Waals surface area contributed by atoms with Crippen LogP contribution < -0.4 is 5.73 Å². The van der Waals surface area contributed by atoms with Gasteiger partial charge in [-0.3, -0.25) is 0 Å². The van der Waals surface area contributed by atoms with Gasteiger partial charge >= 0.3 is 0 Å². The van der Waals surface area contributed by atoms with Gasteiger partial charge in [0.2, 0.25) is 0 Å². The summed E-state index contributed by atoms with van der Waals surface area (Å²) in [5, 5.41) is 3.23. The van der Waals surface area contributed by atoms with E-state index in [1.807, 2.05) is 6.92 Å². The number of nitrogens with two attached hydrogens (primary N) is 1. The van der Waals surface area contributed by atoms with Crippen molar-refractivity contribution in [2.24, 2.45) is 5.73 Å². The van der Waals surface area contributed by atoms with Gasteiger partial charge in [-0.2, -0.15) is 0 Å². The van der Waals surface area contributed by atoms with Crippen molar-refractivity contribution in [2.75, 3.05) is 0 Å². The van der Waals surface area contributed by atoms with Gasteiger partial charge < -0.3 is 5.73 Å². The quantitative estimate of drug-likeness (QED) is 0.807. The fourth-order valence-electron chi connectivity index (χ4n) is 1.56. The van der Waals surface area contributed by atoms with Gasteiger partial charge in [-0.15, -0.1) is 11.3 Å². The first-order valence-corrected chi connectivity index (χ1v) is 5.61. The Morgan fingerprint density at radius 1 is 1.62 bits per heavy atom. The van der Waals surface area contributed by atoms with Crippen molar-refractivity contribution >= 4 is 11.3 Å². The highest BCUT2D eigenvalue weighted by Gasteiger charge is 2.18. The molecule has 1 rings (SSSR count). The minimum atomic E-state index is -0.0880. The number of hydrogen-bond donors (Lipinski definition) is 1. The van der Waals surface area contributed by atoms with Crippen molar-refractivity contribution in [3.8, 4) is 0 Å². The summed E-state index contributed by atoms with van der Waals surface area (Å²) < 4.78 is 0. The van der Waals surface area contributed by atoms with Gasteiger partial charge in [0.1, 0.15) is 0 Å². The predicted octanol–water partition coefficient (Wildman–Crippen LogP) is 2.51. The normalized spacial score (nSPS) is 15.7. The molecule has 2 nitrogen and oxygen atoms in total. The van der Waals surface area contributed by atoms with Crippen LogP contribution in [0.2, 0.25) is 0 Å². The summed E-state index contributed by atoms with van der Waals surface area (Å²) >= 11 is 1.70. The van der Waals surface area contributed by atoms with Gasteiger partial charge in [0.25, 0.3) is 0 Å². The van der Waals surface area contributed by atoms with Gasteiger partial charge in [-0.05, 0) is 20.3 Å². The highest BCUT2D eigenvalue weighted by atomic mass is 32.1. The van der Waals surface area contributed by atoms with Crippen LogP contribution in [0.5, 0.6) is 0 Å². The summed E-state index contributed by atoms with van der Waals surface area (Å²) in [6, 6.07) is 0. The molecule has 0 bridgehead atoms. The molecule has 1 heterocycles. The minimum absolute atomic E-state index is 0.0880. The summed E-state index contributed by atoms with van der Waals surface area (Å²) in [5.41, 5.74) is 7.18. The van der Waals surface area contributed by atoms with E-state index in [9.17, 15) is 0 Å². The highest BCUT2D eigenvalue weighted by molar-refractivity contribution is 7.09. The summed E-state index contributed by atoms with van der Waals surface area (Å²) in [7, 11) is 0. The van der Waals surface area contributed by atoms with E-state index in [0.717, 1.165) is 30.0 Å². The van der Waals surface area contributed by atoms with Crippen molar-refractivity contribution < 1.29 is 0 Å². The van der Waals surface area contributed by atoms with Gasteiger partial charge in [-0.25, -0.2) is 4.98 Å². The molecule has 0 fully saturated rings. The van der Waals surface area contributed by atoms with Crippen LogP contribution >= 0.6 is 11.3 Å². The maximum absolute atomic E-state index is 6.13. The Kier molecular flexibility index (Phi) is 3.45. The molecule has 0 saturated heterocycles. The lowest BCUT2D eigenvalue weighted by Gasteiger charge is -2.22. The smallest absolute Gasteiger partial charge is 0.0897 e. The monoisotopic (exact) mass is 198 g/mol. The van der Waals surface area contributed by atoms with Crippen LogP contribution in [0.25, 0.3) is 0 Å². The van der Waals surface area contributed by atoms with E-state index in [0.29, 0.717) is 0 Å². The first-order valence-electron chi connectivity index (χ1n) is 4.73. The second kappa shape index (κ2) is 4.20. The number of aromatic nitrogens is 1. The van der Waals surface area contributed by atoms with E-state index in [1.54, 1.807) is 11.3 Å². The maximum Gasteiger partial charge on any atom is 0.0897 e. The summed E-state index contributed by atoms with van der Waals surface area (Å²) in [4.78, 5) is 4.42. The van der Waals surface area contributed by atoms with Crippen LogP contribution in [-0.2, 0) is 6.42 Å². The van der Waals surface area contributed by atoms with Gasteiger partial charge in [-0.1, -0.05) is 13.3 Å². The average molecular weight is 198 g/mol. The van der Waals surface area contributed by atoms with Crippen molar-refractivity contribution in [2.45, 2.75) is 45.6 Å². The topological polar surface area (TPSA) is 38.9 Å². The zero-order chi connectivity index (χ0) is 9.90.